The highest BCUT2D eigenvalue weighted by Crippen LogP contribution is 2.34. The van der Waals surface area contributed by atoms with Gasteiger partial charge in [-0.3, -0.25) is 0 Å². The number of nitrogens with one attached hydrogen (secondary N) is 1. The van der Waals surface area contributed by atoms with Crippen molar-refractivity contribution in [3.05, 3.63) is 12.7 Å². The van der Waals surface area contributed by atoms with Gasteiger partial charge >= 0.3 is 0 Å². The van der Waals surface area contributed by atoms with Crippen molar-refractivity contribution in [2.75, 3.05) is 5.75 Å². The van der Waals surface area contributed by atoms with Gasteiger partial charge in [-0.15, -0.1) is 11.8 Å². The molecule has 1 aliphatic carbocycles. The fourth-order valence-corrected chi connectivity index (χ4v) is 3.52. The summed E-state index contributed by atoms with van der Waals surface area (Å²) < 4.78 is 0. The molecule has 1 fully saturated rings. The Bertz CT molecular complexity index is 536. The van der Waals surface area contributed by atoms with Crippen LogP contribution in [0.15, 0.2) is 17.7 Å². The molecule has 0 radical (unpaired) electrons. The predicted octanol–water partition coefficient (Wildman–Crippen LogP) is 2.14. The molecule has 0 unspecified atom stereocenters. The van der Waals surface area contributed by atoms with E-state index in [0.29, 0.717) is 11.4 Å². The number of hydrogen-bond acceptors (Lipinski definition) is 5. The van der Waals surface area contributed by atoms with Crippen molar-refractivity contribution in [2.24, 2.45) is 0 Å². The van der Waals surface area contributed by atoms with E-state index < -0.39 is 5.60 Å². The predicted molar refractivity (Wildman–Crippen MR) is 70.4 cm³/mol. The topological polar surface area (TPSA) is 74.7 Å². The van der Waals surface area contributed by atoms with E-state index in [-0.39, 0.29) is 0 Å². The number of imidazole rings is 1. The zero-order valence-electron chi connectivity index (χ0n) is 10.1. The zero-order chi connectivity index (χ0) is 12.4. The molecular formula is C12H16N4OS. The summed E-state index contributed by atoms with van der Waals surface area (Å²) in [4.78, 5) is 15.5. The average Bonchev–Trinajstić information content (AvgIpc) is 2.86. The van der Waals surface area contributed by atoms with Crippen molar-refractivity contribution in [3.63, 3.8) is 0 Å². The average molecular weight is 264 g/mol. The van der Waals surface area contributed by atoms with Gasteiger partial charge in [-0.25, -0.2) is 15.0 Å². The van der Waals surface area contributed by atoms with Crippen LogP contribution in [0.1, 0.15) is 32.1 Å². The number of H-pyrrole nitrogens is 1. The second kappa shape index (κ2) is 4.85. The van der Waals surface area contributed by atoms with Gasteiger partial charge in [-0.05, 0) is 12.8 Å². The molecule has 2 aromatic rings. The molecule has 3 rings (SSSR count). The number of nitrogens with zero attached hydrogens (tertiary/aromatic N) is 3. The van der Waals surface area contributed by atoms with Crippen molar-refractivity contribution in [3.8, 4) is 0 Å². The normalized spacial score (nSPS) is 19.2. The first-order valence-corrected chi connectivity index (χ1v) is 7.25. The van der Waals surface area contributed by atoms with Crippen molar-refractivity contribution >= 4 is 22.9 Å². The van der Waals surface area contributed by atoms with Gasteiger partial charge in [-0.2, -0.15) is 0 Å². The summed E-state index contributed by atoms with van der Waals surface area (Å²) in [6, 6.07) is 0. The van der Waals surface area contributed by atoms with E-state index >= 15 is 0 Å². The summed E-state index contributed by atoms with van der Waals surface area (Å²) in [6.45, 7) is 0. The molecule has 0 aromatic carbocycles. The van der Waals surface area contributed by atoms with Crippen LogP contribution in [0.25, 0.3) is 11.2 Å². The zero-order valence-corrected chi connectivity index (χ0v) is 10.9. The molecule has 1 aliphatic rings. The second-order valence-corrected chi connectivity index (χ2v) is 5.82. The molecule has 0 spiro atoms. The molecule has 2 N–H and O–H groups in total. The molecule has 5 nitrogen and oxygen atoms in total. The summed E-state index contributed by atoms with van der Waals surface area (Å²) in [6.07, 6.45) is 8.44. The molecule has 0 amide bonds. The van der Waals surface area contributed by atoms with E-state index in [1.165, 1.54) is 12.7 Å². The summed E-state index contributed by atoms with van der Waals surface area (Å²) in [5.41, 5.74) is 1.02. The van der Waals surface area contributed by atoms with Gasteiger partial charge in [0.25, 0.3) is 0 Å². The van der Waals surface area contributed by atoms with Gasteiger partial charge in [0, 0.05) is 5.75 Å². The lowest BCUT2D eigenvalue weighted by Gasteiger charge is -2.31. The standard InChI is InChI=1S/C12H16N4OS/c17-12(4-2-1-3-5-12)6-18-11-9-10(14-7-13-9)15-8-16-11/h7-8,17H,1-6H2,(H,13,14,15,16). The SMILES string of the molecule is OC1(CSc2ncnc3nc[nH]c23)CCCCC1. The van der Waals surface area contributed by atoms with Crippen molar-refractivity contribution < 1.29 is 5.11 Å². The van der Waals surface area contributed by atoms with Crippen LogP contribution in [0.4, 0.5) is 0 Å². The first-order chi connectivity index (χ1) is 8.77. The number of thioether (sulfide) groups is 1. The van der Waals surface area contributed by atoms with Crippen LogP contribution in [0.5, 0.6) is 0 Å². The molecule has 0 aliphatic heterocycles. The molecule has 6 heteroatoms. The molecule has 18 heavy (non-hydrogen) atoms. The molecular weight excluding hydrogens is 248 g/mol. The lowest BCUT2D eigenvalue weighted by atomic mass is 9.86. The highest BCUT2D eigenvalue weighted by atomic mass is 32.2. The largest absolute Gasteiger partial charge is 0.389 e. The second-order valence-electron chi connectivity index (χ2n) is 4.85. The smallest absolute Gasteiger partial charge is 0.181 e. The van der Waals surface area contributed by atoms with Crippen LogP contribution < -0.4 is 0 Å². The van der Waals surface area contributed by atoms with Gasteiger partial charge in [0.2, 0.25) is 0 Å². The number of rotatable bonds is 3. The maximum absolute atomic E-state index is 10.5. The van der Waals surface area contributed by atoms with Crippen LogP contribution in [0.2, 0.25) is 0 Å². The first-order valence-electron chi connectivity index (χ1n) is 6.26. The van der Waals surface area contributed by atoms with E-state index in [1.54, 1.807) is 18.1 Å². The summed E-state index contributed by atoms with van der Waals surface area (Å²) >= 11 is 1.59. The highest BCUT2D eigenvalue weighted by molar-refractivity contribution is 7.99. The van der Waals surface area contributed by atoms with E-state index in [0.717, 1.165) is 36.2 Å². The minimum atomic E-state index is -0.528. The molecule has 1 saturated carbocycles. The first kappa shape index (κ1) is 11.9. The highest BCUT2D eigenvalue weighted by Gasteiger charge is 2.29. The molecule has 96 valence electrons. The maximum atomic E-state index is 10.5. The van der Waals surface area contributed by atoms with Gasteiger partial charge in [-0.1, -0.05) is 19.3 Å². The van der Waals surface area contributed by atoms with E-state index in [4.69, 9.17) is 0 Å². The van der Waals surface area contributed by atoms with Crippen molar-refractivity contribution in [2.45, 2.75) is 42.7 Å². The van der Waals surface area contributed by atoms with E-state index in [9.17, 15) is 5.11 Å². The third-order valence-electron chi connectivity index (χ3n) is 3.45. The Kier molecular flexibility index (Phi) is 3.22. The Morgan fingerprint density at radius 2 is 2.06 bits per heavy atom. The van der Waals surface area contributed by atoms with Gasteiger partial charge in [0.15, 0.2) is 5.65 Å². The fraction of sp³-hybridized carbons (Fsp3) is 0.583. The molecule has 0 atom stereocenters. The van der Waals surface area contributed by atoms with Crippen LogP contribution in [0.3, 0.4) is 0 Å². The monoisotopic (exact) mass is 264 g/mol. The number of aromatic amines is 1. The third-order valence-corrected chi connectivity index (χ3v) is 4.71. The van der Waals surface area contributed by atoms with Crippen molar-refractivity contribution in [1.82, 2.24) is 19.9 Å². The van der Waals surface area contributed by atoms with Crippen LogP contribution >= 0.6 is 11.8 Å². The molecule has 2 aromatic heterocycles. The number of hydrogen-bond donors (Lipinski definition) is 2. The van der Waals surface area contributed by atoms with Crippen LogP contribution in [-0.4, -0.2) is 36.4 Å². The quantitative estimate of drug-likeness (QED) is 0.656. The minimum Gasteiger partial charge on any atom is -0.389 e. The van der Waals surface area contributed by atoms with Crippen LogP contribution in [0, 0.1) is 0 Å². The Hall–Kier alpha value is -1.14. The van der Waals surface area contributed by atoms with E-state index in [1.807, 2.05) is 0 Å². The van der Waals surface area contributed by atoms with E-state index in [2.05, 4.69) is 19.9 Å². The summed E-state index contributed by atoms with van der Waals surface area (Å²) in [5.74, 6) is 0.693. The number of aliphatic hydroxyl groups is 1. The number of fused-ring (bicyclic) bond motifs is 1. The molecule has 2 heterocycles. The molecule has 0 saturated heterocycles. The summed E-state index contributed by atoms with van der Waals surface area (Å²) in [7, 11) is 0. The van der Waals surface area contributed by atoms with Gasteiger partial charge in [0.05, 0.1) is 11.9 Å². The van der Waals surface area contributed by atoms with Gasteiger partial charge < -0.3 is 10.1 Å². The Morgan fingerprint density at radius 1 is 1.22 bits per heavy atom. The maximum Gasteiger partial charge on any atom is 0.181 e. The minimum absolute atomic E-state index is 0.528. The van der Waals surface area contributed by atoms with Gasteiger partial charge in [0.1, 0.15) is 16.9 Å². The number of aromatic nitrogens is 4. The Morgan fingerprint density at radius 3 is 2.89 bits per heavy atom. The summed E-state index contributed by atoms with van der Waals surface area (Å²) in [5, 5.41) is 11.3. The molecule has 0 bridgehead atoms. The lowest BCUT2D eigenvalue weighted by molar-refractivity contribution is 0.0273. The van der Waals surface area contributed by atoms with Crippen molar-refractivity contribution in [1.29, 1.82) is 0 Å². The third kappa shape index (κ3) is 2.35. The lowest BCUT2D eigenvalue weighted by Crippen LogP contribution is -2.34. The Labute approximate surface area is 109 Å². The fourth-order valence-electron chi connectivity index (χ4n) is 2.41. The van der Waals surface area contributed by atoms with Crippen LogP contribution in [-0.2, 0) is 0 Å². The Balaban J connectivity index is 1.74.